The molecule has 0 bridgehead atoms. The summed E-state index contributed by atoms with van der Waals surface area (Å²) in [5, 5.41) is 2.62. The van der Waals surface area contributed by atoms with E-state index in [0.29, 0.717) is 30.5 Å². The van der Waals surface area contributed by atoms with Crippen molar-refractivity contribution in [1.29, 1.82) is 0 Å². The molecule has 0 atom stereocenters. The highest BCUT2D eigenvalue weighted by molar-refractivity contribution is 9.10. The van der Waals surface area contributed by atoms with E-state index in [1.165, 1.54) is 0 Å². The number of hydrogen-bond donors (Lipinski definition) is 1. The summed E-state index contributed by atoms with van der Waals surface area (Å²) in [5.41, 5.74) is 0.218. The van der Waals surface area contributed by atoms with Crippen LogP contribution in [0.3, 0.4) is 0 Å². The highest BCUT2D eigenvalue weighted by Gasteiger charge is 2.22. The average Bonchev–Trinajstić information content (AvgIpc) is 2.36. The minimum atomic E-state index is -0.437. The van der Waals surface area contributed by atoms with Gasteiger partial charge in [0.1, 0.15) is 0 Å². The smallest absolute Gasteiger partial charge is 0.227 e. The molecule has 3 nitrogen and oxygen atoms in total. The van der Waals surface area contributed by atoms with E-state index in [4.69, 9.17) is 4.74 Å². The number of carbonyl (C=O) groups excluding carboxylic acids is 1. The molecule has 5 heteroatoms. The Balaban J connectivity index is 2.04. The lowest BCUT2D eigenvalue weighted by atomic mass is 9.99. The third-order valence-electron chi connectivity index (χ3n) is 2.80. The summed E-state index contributed by atoms with van der Waals surface area (Å²) in [5.74, 6) is -0.652. The van der Waals surface area contributed by atoms with Gasteiger partial charge in [-0.2, -0.15) is 0 Å². The topological polar surface area (TPSA) is 38.3 Å². The van der Waals surface area contributed by atoms with Crippen LogP contribution in [0.25, 0.3) is 0 Å². The van der Waals surface area contributed by atoms with E-state index in [1.807, 2.05) is 0 Å². The quantitative estimate of drug-likeness (QED) is 0.912. The van der Waals surface area contributed by atoms with Gasteiger partial charge in [0.15, 0.2) is 5.82 Å². The fourth-order valence-electron chi connectivity index (χ4n) is 1.79. The average molecular weight is 302 g/mol. The first-order valence-electron chi connectivity index (χ1n) is 5.51. The van der Waals surface area contributed by atoms with Gasteiger partial charge in [0.25, 0.3) is 0 Å². The minimum absolute atomic E-state index is 0.0814. The van der Waals surface area contributed by atoms with E-state index >= 15 is 0 Å². The summed E-state index contributed by atoms with van der Waals surface area (Å²) < 4.78 is 19.2. The molecule has 0 radical (unpaired) electrons. The number of anilines is 1. The summed E-state index contributed by atoms with van der Waals surface area (Å²) in [6.07, 6.45) is 1.39. The van der Waals surface area contributed by atoms with E-state index in [-0.39, 0.29) is 17.5 Å². The summed E-state index contributed by atoms with van der Waals surface area (Å²) in [7, 11) is 0. The zero-order valence-corrected chi connectivity index (χ0v) is 10.8. The van der Waals surface area contributed by atoms with Gasteiger partial charge in [0.2, 0.25) is 5.91 Å². The Morgan fingerprint density at radius 1 is 1.41 bits per heavy atom. The van der Waals surface area contributed by atoms with Crippen molar-refractivity contribution in [2.45, 2.75) is 12.8 Å². The monoisotopic (exact) mass is 301 g/mol. The second kappa shape index (κ2) is 5.60. The summed E-state index contributed by atoms with van der Waals surface area (Å²) >= 11 is 3.09. The third-order valence-corrected chi connectivity index (χ3v) is 3.41. The number of ether oxygens (including phenoxy) is 1. The van der Waals surface area contributed by atoms with Crippen LogP contribution in [0, 0.1) is 11.7 Å². The fourth-order valence-corrected chi connectivity index (χ4v) is 2.16. The van der Waals surface area contributed by atoms with Crippen molar-refractivity contribution in [2.75, 3.05) is 18.5 Å². The van der Waals surface area contributed by atoms with Crippen LogP contribution >= 0.6 is 15.9 Å². The maximum atomic E-state index is 13.6. The first kappa shape index (κ1) is 12.5. The molecular weight excluding hydrogens is 289 g/mol. The number of carbonyl (C=O) groups is 1. The van der Waals surface area contributed by atoms with Gasteiger partial charge < -0.3 is 10.1 Å². The Labute approximate surface area is 107 Å². The maximum absolute atomic E-state index is 13.6. The Bertz CT molecular complexity index is 419. The lowest BCUT2D eigenvalue weighted by Crippen LogP contribution is -2.28. The van der Waals surface area contributed by atoms with E-state index in [9.17, 15) is 9.18 Å². The largest absolute Gasteiger partial charge is 0.381 e. The second-order valence-corrected chi connectivity index (χ2v) is 4.83. The predicted molar refractivity (Wildman–Crippen MR) is 66.3 cm³/mol. The van der Waals surface area contributed by atoms with E-state index in [2.05, 4.69) is 21.2 Å². The number of amides is 1. The molecule has 2 rings (SSSR count). The zero-order chi connectivity index (χ0) is 12.3. The van der Waals surface area contributed by atoms with E-state index in [0.717, 1.165) is 0 Å². The van der Waals surface area contributed by atoms with Gasteiger partial charge in [-0.3, -0.25) is 4.79 Å². The highest BCUT2D eigenvalue weighted by Crippen LogP contribution is 2.24. The first-order valence-corrected chi connectivity index (χ1v) is 6.30. The summed E-state index contributed by atoms with van der Waals surface area (Å²) in [4.78, 5) is 11.9. The number of halogens is 2. The Hall–Kier alpha value is -0.940. The SMILES string of the molecule is O=C(Nc1cccc(Br)c1F)C1CCOCC1. The maximum Gasteiger partial charge on any atom is 0.227 e. The van der Waals surface area contributed by atoms with Crippen LogP contribution in [0.2, 0.25) is 0 Å². The highest BCUT2D eigenvalue weighted by atomic mass is 79.9. The molecule has 1 amide bonds. The molecule has 1 saturated heterocycles. The molecule has 1 aromatic carbocycles. The zero-order valence-electron chi connectivity index (χ0n) is 9.21. The second-order valence-electron chi connectivity index (χ2n) is 3.98. The molecule has 0 spiro atoms. The van der Waals surface area contributed by atoms with Crippen molar-refractivity contribution in [3.63, 3.8) is 0 Å². The van der Waals surface area contributed by atoms with Crippen LogP contribution in [-0.2, 0) is 9.53 Å². The summed E-state index contributed by atoms with van der Waals surface area (Å²) in [6, 6.07) is 4.84. The molecule has 0 aliphatic carbocycles. The first-order chi connectivity index (χ1) is 8.18. The van der Waals surface area contributed by atoms with Crippen molar-refractivity contribution in [3.8, 4) is 0 Å². The minimum Gasteiger partial charge on any atom is -0.381 e. The summed E-state index contributed by atoms with van der Waals surface area (Å²) in [6.45, 7) is 1.19. The van der Waals surface area contributed by atoms with Crippen LogP contribution in [0.5, 0.6) is 0 Å². The number of rotatable bonds is 2. The molecule has 17 heavy (non-hydrogen) atoms. The Morgan fingerprint density at radius 2 is 2.12 bits per heavy atom. The number of hydrogen-bond acceptors (Lipinski definition) is 2. The van der Waals surface area contributed by atoms with Crippen LogP contribution in [0.15, 0.2) is 22.7 Å². The van der Waals surface area contributed by atoms with E-state index < -0.39 is 5.82 Å². The molecule has 1 fully saturated rings. The van der Waals surface area contributed by atoms with Crippen molar-refractivity contribution >= 4 is 27.5 Å². The van der Waals surface area contributed by atoms with Crippen LogP contribution in [-0.4, -0.2) is 19.1 Å². The van der Waals surface area contributed by atoms with Gasteiger partial charge in [-0.15, -0.1) is 0 Å². The van der Waals surface area contributed by atoms with Gasteiger partial charge in [-0.05, 0) is 40.9 Å². The lowest BCUT2D eigenvalue weighted by molar-refractivity contribution is -0.122. The molecule has 92 valence electrons. The van der Waals surface area contributed by atoms with Crippen molar-refractivity contribution in [1.82, 2.24) is 0 Å². The standard InChI is InChI=1S/C12H13BrFNO2/c13-9-2-1-3-10(11(9)14)15-12(16)8-4-6-17-7-5-8/h1-3,8H,4-7H2,(H,15,16). The third kappa shape index (κ3) is 3.04. The van der Waals surface area contributed by atoms with Gasteiger partial charge in [0.05, 0.1) is 10.2 Å². The van der Waals surface area contributed by atoms with Gasteiger partial charge >= 0.3 is 0 Å². The van der Waals surface area contributed by atoms with Crippen LogP contribution in [0.4, 0.5) is 10.1 Å². The van der Waals surface area contributed by atoms with Crippen LogP contribution in [0.1, 0.15) is 12.8 Å². The van der Waals surface area contributed by atoms with Gasteiger partial charge in [0, 0.05) is 19.1 Å². The van der Waals surface area contributed by atoms with Crippen molar-refractivity contribution < 1.29 is 13.9 Å². The van der Waals surface area contributed by atoms with Crippen LogP contribution < -0.4 is 5.32 Å². The van der Waals surface area contributed by atoms with Gasteiger partial charge in [-0.25, -0.2) is 4.39 Å². The van der Waals surface area contributed by atoms with E-state index in [1.54, 1.807) is 18.2 Å². The molecular formula is C12H13BrFNO2. The predicted octanol–water partition coefficient (Wildman–Crippen LogP) is 2.95. The molecule has 1 aromatic rings. The molecule has 0 aromatic heterocycles. The molecule has 1 aliphatic rings. The lowest BCUT2D eigenvalue weighted by Gasteiger charge is -2.21. The van der Waals surface area contributed by atoms with Crippen molar-refractivity contribution in [3.05, 3.63) is 28.5 Å². The molecule has 0 saturated carbocycles. The Kier molecular flexibility index (Phi) is 4.12. The van der Waals surface area contributed by atoms with Gasteiger partial charge in [-0.1, -0.05) is 6.07 Å². The molecule has 1 N–H and O–H groups in total. The van der Waals surface area contributed by atoms with Crippen molar-refractivity contribution in [2.24, 2.45) is 5.92 Å². The molecule has 0 unspecified atom stereocenters. The molecule has 1 aliphatic heterocycles. The fraction of sp³-hybridized carbons (Fsp3) is 0.417. The molecule has 1 heterocycles. The normalized spacial score (nSPS) is 16.8. The number of benzene rings is 1. The number of nitrogens with one attached hydrogen (secondary N) is 1. The Morgan fingerprint density at radius 3 is 2.82 bits per heavy atom.